The molecule has 1 aromatic rings. The summed E-state index contributed by atoms with van der Waals surface area (Å²) in [5, 5.41) is 0. The highest BCUT2D eigenvalue weighted by Crippen LogP contribution is 2.15. The molecular formula is C13H17N3O2. The van der Waals surface area contributed by atoms with Crippen molar-refractivity contribution in [2.24, 2.45) is 0 Å². The third kappa shape index (κ3) is 3.29. The SMILES string of the molecule is CC(C)=CC(=O)N1CC[C@H](Oc2ncccn2)C1. The predicted octanol–water partition coefficient (Wildman–Crippen LogP) is 1.42. The Hall–Kier alpha value is -1.91. The maximum absolute atomic E-state index is 11.8. The fourth-order valence-corrected chi connectivity index (χ4v) is 1.86. The second-order valence-corrected chi connectivity index (χ2v) is 4.57. The second kappa shape index (κ2) is 5.62. The number of amides is 1. The molecule has 0 spiro atoms. The molecule has 0 saturated carbocycles. The van der Waals surface area contributed by atoms with E-state index in [0.29, 0.717) is 12.6 Å². The number of hydrogen-bond donors (Lipinski definition) is 0. The Kier molecular flexibility index (Phi) is 3.92. The van der Waals surface area contributed by atoms with Crippen molar-refractivity contribution in [3.63, 3.8) is 0 Å². The summed E-state index contributed by atoms with van der Waals surface area (Å²) in [6.07, 6.45) is 5.75. The first-order chi connectivity index (χ1) is 8.65. The third-order valence-electron chi connectivity index (χ3n) is 2.68. The zero-order chi connectivity index (χ0) is 13.0. The van der Waals surface area contributed by atoms with Gasteiger partial charge in [-0.3, -0.25) is 4.79 Å². The van der Waals surface area contributed by atoms with Crippen molar-refractivity contribution in [3.05, 3.63) is 30.1 Å². The average Bonchev–Trinajstić information content (AvgIpc) is 2.78. The molecule has 0 N–H and O–H groups in total. The standard InChI is InChI=1S/C13H17N3O2/c1-10(2)8-12(17)16-7-4-11(9-16)18-13-14-5-3-6-15-13/h3,5-6,8,11H,4,7,9H2,1-2H3/t11-/m0/s1. The van der Waals surface area contributed by atoms with Gasteiger partial charge < -0.3 is 9.64 Å². The number of likely N-dealkylation sites (tertiary alicyclic amines) is 1. The Labute approximate surface area is 106 Å². The molecule has 5 heteroatoms. The lowest BCUT2D eigenvalue weighted by Gasteiger charge is -2.14. The van der Waals surface area contributed by atoms with E-state index in [4.69, 9.17) is 4.74 Å². The van der Waals surface area contributed by atoms with E-state index in [1.54, 1.807) is 29.4 Å². The summed E-state index contributed by atoms with van der Waals surface area (Å²) in [5.74, 6) is 0.0510. The zero-order valence-electron chi connectivity index (χ0n) is 10.7. The molecule has 96 valence electrons. The highest BCUT2D eigenvalue weighted by Gasteiger charge is 2.27. The maximum atomic E-state index is 11.8. The van der Waals surface area contributed by atoms with Crippen LogP contribution in [0, 0.1) is 0 Å². The van der Waals surface area contributed by atoms with E-state index in [2.05, 4.69) is 9.97 Å². The van der Waals surface area contributed by atoms with Gasteiger partial charge in [-0.25, -0.2) is 9.97 Å². The molecule has 1 atom stereocenters. The summed E-state index contributed by atoms with van der Waals surface area (Å²) < 4.78 is 5.62. The predicted molar refractivity (Wildman–Crippen MR) is 67.1 cm³/mol. The van der Waals surface area contributed by atoms with E-state index in [-0.39, 0.29) is 12.0 Å². The van der Waals surface area contributed by atoms with Crippen LogP contribution in [0.3, 0.4) is 0 Å². The van der Waals surface area contributed by atoms with E-state index >= 15 is 0 Å². The number of hydrogen-bond acceptors (Lipinski definition) is 4. The Balaban J connectivity index is 1.89. The van der Waals surface area contributed by atoms with Gasteiger partial charge in [0.25, 0.3) is 0 Å². The molecule has 1 amide bonds. The minimum atomic E-state index is -0.0121. The largest absolute Gasteiger partial charge is 0.458 e. The van der Waals surface area contributed by atoms with Crippen molar-refractivity contribution in [2.75, 3.05) is 13.1 Å². The van der Waals surface area contributed by atoms with E-state index in [0.717, 1.165) is 18.5 Å². The van der Waals surface area contributed by atoms with Crippen molar-refractivity contribution >= 4 is 5.91 Å². The van der Waals surface area contributed by atoms with Crippen LogP contribution in [0.15, 0.2) is 30.1 Å². The Morgan fingerprint density at radius 1 is 1.44 bits per heavy atom. The van der Waals surface area contributed by atoms with Crippen LogP contribution in [0.4, 0.5) is 0 Å². The molecule has 1 aliphatic heterocycles. The van der Waals surface area contributed by atoms with Gasteiger partial charge in [0.15, 0.2) is 0 Å². The Morgan fingerprint density at radius 2 is 2.17 bits per heavy atom. The Bertz CT molecular complexity index is 441. The molecule has 0 bridgehead atoms. The number of carbonyl (C=O) groups is 1. The van der Waals surface area contributed by atoms with Gasteiger partial charge in [0.05, 0.1) is 6.54 Å². The highest BCUT2D eigenvalue weighted by atomic mass is 16.5. The smallest absolute Gasteiger partial charge is 0.316 e. The van der Waals surface area contributed by atoms with Crippen LogP contribution in [0.2, 0.25) is 0 Å². The molecule has 1 aliphatic rings. The number of aromatic nitrogens is 2. The monoisotopic (exact) mass is 247 g/mol. The van der Waals surface area contributed by atoms with E-state index in [1.165, 1.54) is 0 Å². The van der Waals surface area contributed by atoms with Crippen LogP contribution in [0.25, 0.3) is 0 Å². The van der Waals surface area contributed by atoms with Crippen LogP contribution in [0.5, 0.6) is 6.01 Å². The summed E-state index contributed by atoms with van der Waals surface area (Å²) in [7, 11) is 0. The summed E-state index contributed by atoms with van der Waals surface area (Å²) in [4.78, 5) is 21.6. The first-order valence-electron chi connectivity index (χ1n) is 6.02. The van der Waals surface area contributed by atoms with Crippen molar-refractivity contribution in [1.82, 2.24) is 14.9 Å². The van der Waals surface area contributed by atoms with Crippen LogP contribution in [-0.4, -0.2) is 40.0 Å². The second-order valence-electron chi connectivity index (χ2n) is 4.57. The number of nitrogens with zero attached hydrogens (tertiary/aromatic N) is 3. The molecule has 1 fully saturated rings. The summed E-state index contributed by atoms with van der Waals surface area (Å²) >= 11 is 0. The van der Waals surface area contributed by atoms with Gasteiger partial charge in [-0.2, -0.15) is 0 Å². The molecule has 0 unspecified atom stereocenters. The normalized spacial score (nSPS) is 18.6. The summed E-state index contributed by atoms with van der Waals surface area (Å²) in [5.41, 5.74) is 1.01. The van der Waals surface area contributed by atoms with Crippen LogP contribution in [0.1, 0.15) is 20.3 Å². The van der Waals surface area contributed by atoms with Gasteiger partial charge in [-0.1, -0.05) is 5.57 Å². The molecule has 1 saturated heterocycles. The first kappa shape index (κ1) is 12.5. The van der Waals surface area contributed by atoms with Gasteiger partial charge in [0, 0.05) is 31.4 Å². The number of ether oxygens (including phenoxy) is 1. The zero-order valence-corrected chi connectivity index (χ0v) is 10.7. The lowest BCUT2D eigenvalue weighted by atomic mass is 10.3. The van der Waals surface area contributed by atoms with Gasteiger partial charge in [0.1, 0.15) is 6.10 Å². The highest BCUT2D eigenvalue weighted by molar-refractivity contribution is 5.88. The number of carbonyl (C=O) groups excluding carboxylic acids is 1. The van der Waals surface area contributed by atoms with Gasteiger partial charge in [0.2, 0.25) is 5.91 Å². The van der Waals surface area contributed by atoms with Crippen LogP contribution in [-0.2, 0) is 4.79 Å². The molecule has 0 aliphatic carbocycles. The van der Waals surface area contributed by atoms with Crippen molar-refractivity contribution in [3.8, 4) is 6.01 Å². The molecule has 2 rings (SSSR count). The first-order valence-corrected chi connectivity index (χ1v) is 6.02. The third-order valence-corrected chi connectivity index (χ3v) is 2.68. The Morgan fingerprint density at radius 3 is 2.83 bits per heavy atom. The minimum Gasteiger partial charge on any atom is -0.458 e. The molecule has 18 heavy (non-hydrogen) atoms. The van der Waals surface area contributed by atoms with Crippen molar-refractivity contribution in [1.29, 1.82) is 0 Å². The van der Waals surface area contributed by atoms with Crippen LogP contribution < -0.4 is 4.74 Å². The van der Waals surface area contributed by atoms with Gasteiger partial charge >= 0.3 is 6.01 Å². The topological polar surface area (TPSA) is 55.3 Å². The van der Waals surface area contributed by atoms with Crippen molar-refractivity contribution in [2.45, 2.75) is 26.4 Å². The average molecular weight is 247 g/mol. The van der Waals surface area contributed by atoms with E-state index in [9.17, 15) is 4.79 Å². The van der Waals surface area contributed by atoms with E-state index in [1.807, 2.05) is 13.8 Å². The number of allylic oxidation sites excluding steroid dienone is 1. The molecular weight excluding hydrogens is 230 g/mol. The summed E-state index contributed by atoms with van der Waals surface area (Å²) in [6.45, 7) is 5.15. The molecule has 5 nitrogen and oxygen atoms in total. The quantitative estimate of drug-likeness (QED) is 0.758. The fourth-order valence-electron chi connectivity index (χ4n) is 1.86. The number of rotatable bonds is 3. The van der Waals surface area contributed by atoms with Crippen LogP contribution >= 0.6 is 0 Å². The molecule has 0 aromatic carbocycles. The lowest BCUT2D eigenvalue weighted by Crippen LogP contribution is -2.29. The summed E-state index contributed by atoms with van der Waals surface area (Å²) in [6, 6.07) is 2.12. The maximum Gasteiger partial charge on any atom is 0.316 e. The lowest BCUT2D eigenvalue weighted by molar-refractivity contribution is -0.125. The molecule has 1 aromatic heterocycles. The van der Waals surface area contributed by atoms with E-state index < -0.39 is 0 Å². The minimum absolute atomic E-state index is 0.0121. The van der Waals surface area contributed by atoms with Gasteiger partial charge in [-0.05, 0) is 19.9 Å². The molecule has 2 heterocycles. The molecule has 0 radical (unpaired) electrons. The van der Waals surface area contributed by atoms with Gasteiger partial charge in [-0.15, -0.1) is 0 Å². The van der Waals surface area contributed by atoms with Crippen molar-refractivity contribution < 1.29 is 9.53 Å². The fraction of sp³-hybridized carbons (Fsp3) is 0.462.